The van der Waals surface area contributed by atoms with Crippen LogP contribution in [-0.4, -0.2) is 40.7 Å². The van der Waals surface area contributed by atoms with Crippen molar-refractivity contribution in [2.24, 2.45) is 0 Å². The Morgan fingerprint density at radius 2 is 1.73 bits per heavy atom. The maximum Gasteiger partial charge on any atom is 0.333 e. The van der Waals surface area contributed by atoms with Gasteiger partial charge in [-0.25, -0.2) is 4.79 Å². The number of esters is 1. The number of para-hydroxylation sites is 1. The Bertz CT molecular complexity index is 1100. The summed E-state index contributed by atoms with van der Waals surface area (Å²) in [5.74, 6) is -1.31. The van der Waals surface area contributed by atoms with E-state index in [1.807, 2.05) is 37.3 Å². The summed E-state index contributed by atoms with van der Waals surface area (Å²) >= 11 is 6.51. The molecule has 0 spiro atoms. The van der Waals surface area contributed by atoms with E-state index in [1.165, 1.54) is 12.0 Å². The quantitative estimate of drug-likeness (QED) is 0.413. The number of thiocarbonyl (C=S) groups is 1. The van der Waals surface area contributed by atoms with Crippen LogP contribution in [0.4, 0.5) is 5.69 Å². The van der Waals surface area contributed by atoms with Crippen molar-refractivity contribution in [1.29, 1.82) is 0 Å². The van der Waals surface area contributed by atoms with Crippen molar-refractivity contribution < 1.29 is 19.1 Å². The van der Waals surface area contributed by atoms with Crippen LogP contribution in [-0.2, 0) is 19.1 Å². The third-order valence-corrected chi connectivity index (χ3v) is 6.46. The zero-order valence-corrected chi connectivity index (χ0v) is 18.0. The summed E-state index contributed by atoms with van der Waals surface area (Å²) in [6.45, 7) is 2.36. The lowest BCUT2D eigenvalue weighted by Crippen LogP contribution is -2.38. The zero-order chi connectivity index (χ0) is 21.4. The van der Waals surface area contributed by atoms with Crippen LogP contribution in [0.5, 0.6) is 0 Å². The standard InChI is InChI=1S/C22H18N2O4S2/c1-3-23-15-12-8-7-11-14(15)16(19(23)25)18-20(26)24(22(29)30-18)17(21(27)28-2)13-9-5-4-6-10-13/h4-12,17H,3H2,1-2H3/b18-16-. The predicted octanol–water partition coefficient (Wildman–Crippen LogP) is 3.54. The minimum absolute atomic E-state index is 0.210. The van der Waals surface area contributed by atoms with E-state index in [4.69, 9.17) is 17.0 Å². The number of likely N-dealkylation sites (N-methyl/N-ethyl adjacent to an activating group) is 1. The lowest BCUT2D eigenvalue weighted by Gasteiger charge is -2.24. The topological polar surface area (TPSA) is 66.9 Å². The molecule has 2 aromatic carbocycles. The number of thioether (sulfide) groups is 1. The van der Waals surface area contributed by atoms with Crippen molar-refractivity contribution in [2.75, 3.05) is 18.6 Å². The first-order valence-corrected chi connectivity index (χ1v) is 10.6. The molecular weight excluding hydrogens is 420 g/mol. The highest BCUT2D eigenvalue weighted by atomic mass is 32.2. The largest absolute Gasteiger partial charge is 0.467 e. The maximum atomic E-state index is 13.5. The molecule has 0 N–H and O–H groups in total. The fourth-order valence-corrected chi connectivity index (χ4v) is 5.09. The minimum Gasteiger partial charge on any atom is -0.467 e. The molecule has 1 unspecified atom stereocenters. The van der Waals surface area contributed by atoms with Gasteiger partial charge in [0.25, 0.3) is 11.8 Å². The molecule has 2 aromatic rings. The molecule has 1 atom stereocenters. The van der Waals surface area contributed by atoms with Gasteiger partial charge in [-0.2, -0.15) is 0 Å². The van der Waals surface area contributed by atoms with E-state index in [0.29, 0.717) is 23.2 Å². The smallest absolute Gasteiger partial charge is 0.333 e. The Labute approximate surface area is 183 Å². The summed E-state index contributed by atoms with van der Waals surface area (Å²) in [6.07, 6.45) is 0. The molecule has 8 heteroatoms. The monoisotopic (exact) mass is 438 g/mol. The molecule has 0 aliphatic carbocycles. The van der Waals surface area contributed by atoms with Crippen LogP contribution in [0, 0.1) is 0 Å². The Balaban J connectivity index is 1.83. The number of carbonyl (C=O) groups excluding carboxylic acids is 3. The SMILES string of the molecule is CCN1C(=O)/C(=C2\SC(=S)N(C(C(=O)OC)c3ccccc3)C2=O)c2ccccc21. The number of fused-ring (bicyclic) bond motifs is 1. The van der Waals surface area contributed by atoms with Gasteiger partial charge in [0.2, 0.25) is 0 Å². The van der Waals surface area contributed by atoms with E-state index in [9.17, 15) is 14.4 Å². The Morgan fingerprint density at radius 1 is 1.07 bits per heavy atom. The number of hydrogen-bond donors (Lipinski definition) is 0. The number of rotatable bonds is 4. The van der Waals surface area contributed by atoms with Crippen LogP contribution in [0.25, 0.3) is 5.57 Å². The van der Waals surface area contributed by atoms with E-state index in [-0.39, 0.29) is 15.1 Å². The van der Waals surface area contributed by atoms with Crippen molar-refractivity contribution in [3.63, 3.8) is 0 Å². The minimum atomic E-state index is -1.02. The van der Waals surface area contributed by atoms with E-state index < -0.39 is 17.9 Å². The van der Waals surface area contributed by atoms with Crippen LogP contribution in [0.1, 0.15) is 24.1 Å². The van der Waals surface area contributed by atoms with Gasteiger partial charge in [-0.1, -0.05) is 72.5 Å². The molecule has 0 aromatic heterocycles. The van der Waals surface area contributed by atoms with Crippen LogP contribution in [0.3, 0.4) is 0 Å². The summed E-state index contributed by atoms with van der Waals surface area (Å²) in [6, 6.07) is 15.2. The molecule has 2 heterocycles. The fraction of sp³-hybridized carbons (Fsp3) is 0.182. The molecular formula is C22H18N2O4S2. The number of benzene rings is 2. The number of amides is 2. The lowest BCUT2D eigenvalue weighted by molar-refractivity contribution is -0.148. The molecule has 2 aliphatic heterocycles. The van der Waals surface area contributed by atoms with Gasteiger partial charge in [-0.15, -0.1) is 0 Å². The van der Waals surface area contributed by atoms with Gasteiger partial charge in [0.1, 0.15) is 4.32 Å². The zero-order valence-electron chi connectivity index (χ0n) is 16.3. The van der Waals surface area contributed by atoms with Crippen LogP contribution in [0.15, 0.2) is 59.5 Å². The maximum absolute atomic E-state index is 13.5. The molecule has 2 amide bonds. The normalized spacial score (nSPS) is 19.3. The number of anilines is 1. The second-order valence-electron chi connectivity index (χ2n) is 6.65. The molecule has 0 bridgehead atoms. The first-order valence-electron chi connectivity index (χ1n) is 9.33. The lowest BCUT2D eigenvalue weighted by atomic mass is 10.0. The van der Waals surface area contributed by atoms with E-state index in [2.05, 4.69) is 0 Å². The Hall–Kier alpha value is -2.97. The average molecular weight is 439 g/mol. The Kier molecular flexibility index (Phi) is 5.44. The highest BCUT2D eigenvalue weighted by molar-refractivity contribution is 8.26. The summed E-state index contributed by atoms with van der Waals surface area (Å²) in [7, 11) is 1.27. The second kappa shape index (κ2) is 8.04. The van der Waals surface area contributed by atoms with E-state index >= 15 is 0 Å². The molecule has 30 heavy (non-hydrogen) atoms. The van der Waals surface area contributed by atoms with Gasteiger partial charge in [-0.05, 0) is 18.6 Å². The van der Waals surface area contributed by atoms with Crippen molar-refractivity contribution in [3.05, 3.63) is 70.6 Å². The number of methoxy groups -OCH3 is 1. The molecule has 0 saturated carbocycles. The highest BCUT2D eigenvalue weighted by Crippen LogP contribution is 2.46. The van der Waals surface area contributed by atoms with Gasteiger partial charge in [-0.3, -0.25) is 14.5 Å². The van der Waals surface area contributed by atoms with E-state index in [1.54, 1.807) is 29.2 Å². The van der Waals surface area contributed by atoms with Crippen molar-refractivity contribution >= 4 is 57.3 Å². The van der Waals surface area contributed by atoms with E-state index in [0.717, 1.165) is 17.4 Å². The molecule has 4 rings (SSSR count). The number of hydrogen-bond acceptors (Lipinski definition) is 6. The number of ether oxygens (including phenoxy) is 1. The average Bonchev–Trinajstić information content (AvgIpc) is 3.21. The third kappa shape index (κ3) is 3.12. The fourth-order valence-electron chi connectivity index (χ4n) is 3.70. The van der Waals surface area contributed by atoms with Crippen molar-refractivity contribution in [3.8, 4) is 0 Å². The van der Waals surface area contributed by atoms with Crippen molar-refractivity contribution in [1.82, 2.24) is 4.90 Å². The molecule has 6 nitrogen and oxygen atoms in total. The highest BCUT2D eigenvalue weighted by Gasteiger charge is 2.46. The third-order valence-electron chi connectivity index (χ3n) is 5.06. The van der Waals surface area contributed by atoms with Gasteiger partial charge in [0.05, 0.1) is 23.3 Å². The van der Waals surface area contributed by atoms with Gasteiger partial charge in [0.15, 0.2) is 6.04 Å². The van der Waals surface area contributed by atoms with Crippen LogP contribution < -0.4 is 4.90 Å². The summed E-state index contributed by atoms with van der Waals surface area (Å²) in [5, 5.41) is 0. The molecule has 0 radical (unpaired) electrons. The van der Waals surface area contributed by atoms with Crippen LogP contribution >= 0.6 is 24.0 Å². The van der Waals surface area contributed by atoms with Gasteiger partial charge >= 0.3 is 5.97 Å². The Morgan fingerprint density at radius 3 is 2.40 bits per heavy atom. The predicted molar refractivity (Wildman–Crippen MR) is 120 cm³/mol. The summed E-state index contributed by atoms with van der Waals surface area (Å²) in [4.78, 5) is 42.3. The first-order chi connectivity index (χ1) is 14.5. The summed E-state index contributed by atoms with van der Waals surface area (Å²) < 4.78 is 5.17. The second-order valence-corrected chi connectivity index (χ2v) is 8.29. The number of nitrogens with zero attached hydrogens (tertiary/aromatic N) is 2. The van der Waals surface area contributed by atoms with Crippen LogP contribution in [0.2, 0.25) is 0 Å². The summed E-state index contributed by atoms with van der Waals surface area (Å²) in [5.41, 5.74) is 2.36. The first kappa shape index (κ1) is 20.3. The molecule has 2 aliphatic rings. The molecule has 1 saturated heterocycles. The van der Waals surface area contributed by atoms with Crippen molar-refractivity contribution in [2.45, 2.75) is 13.0 Å². The molecule has 152 valence electrons. The van der Waals surface area contributed by atoms with Gasteiger partial charge < -0.3 is 9.64 Å². The van der Waals surface area contributed by atoms with Gasteiger partial charge in [0, 0.05) is 12.1 Å². The molecule has 1 fully saturated rings. The number of carbonyl (C=O) groups is 3.